The van der Waals surface area contributed by atoms with Crippen molar-refractivity contribution in [3.05, 3.63) is 12.2 Å². The molecule has 0 aromatic carbocycles. The van der Waals surface area contributed by atoms with Crippen LogP contribution in [0.4, 0.5) is 0 Å². The second kappa shape index (κ2) is 6.20. The van der Waals surface area contributed by atoms with Crippen LogP contribution in [0.15, 0.2) is 12.2 Å². The highest BCUT2D eigenvalue weighted by molar-refractivity contribution is 4.99. The average Bonchev–Trinajstić information content (AvgIpc) is 2.42. The molecule has 1 atom stereocenters. The van der Waals surface area contributed by atoms with Gasteiger partial charge in [0, 0.05) is 19.1 Å². The SMILES string of the molecule is C=C(CN)CN1CCCCCC1CC. The molecule has 1 saturated heterocycles. The molecule has 1 unspecified atom stereocenters. The van der Waals surface area contributed by atoms with E-state index in [0.29, 0.717) is 6.54 Å². The molecule has 0 amide bonds. The third-order valence-corrected chi connectivity index (χ3v) is 3.19. The lowest BCUT2D eigenvalue weighted by Crippen LogP contribution is -2.36. The molecular weight excluding hydrogens is 172 g/mol. The van der Waals surface area contributed by atoms with E-state index >= 15 is 0 Å². The third kappa shape index (κ3) is 3.43. The second-order valence-electron chi connectivity index (χ2n) is 4.34. The highest BCUT2D eigenvalue weighted by atomic mass is 15.2. The van der Waals surface area contributed by atoms with Crippen molar-refractivity contribution in [2.24, 2.45) is 5.73 Å². The van der Waals surface area contributed by atoms with Crippen LogP contribution in [0.1, 0.15) is 39.0 Å². The zero-order valence-corrected chi connectivity index (χ0v) is 9.47. The molecule has 0 aliphatic carbocycles. The van der Waals surface area contributed by atoms with Crippen LogP contribution in [0.5, 0.6) is 0 Å². The zero-order valence-electron chi connectivity index (χ0n) is 9.47. The van der Waals surface area contributed by atoms with Crippen molar-refractivity contribution in [1.29, 1.82) is 0 Å². The lowest BCUT2D eigenvalue weighted by atomic mass is 10.1. The quantitative estimate of drug-likeness (QED) is 0.698. The maximum atomic E-state index is 5.59. The molecule has 1 heterocycles. The van der Waals surface area contributed by atoms with Gasteiger partial charge in [-0.25, -0.2) is 0 Å². The second-order valence-corrected chi connectivity index (χ2v) is 4.34. The summed E-state index contributed by atoms with van der Waals surface area (Å²) in [7, 11) is 0. The molecule has 1 aliphatic heterocycles. The minimum absolute atomic E-state index is 0.632. The van der Waals surface area contributed by atoms with Gasteiger partial charge in [-0.2, -0.15) is 0 Å². The van der Waals surface area contributed by atoms with Crippen molar-refractivity contribution >= 4 is 0 Å². The lowest BCUT2D eigenvalue weighted by molar-refractivity contribution is 0.211. The largest absolute Gasteiger partial charge is 0.327 e. The van der Waals surface area contributed by atoms with Crippen molar-refractivity contribution in [1.82, 2.24) is 4.90 Å². The molecule has 0 bridgehead atoms. The van der Waals surface area contributed by atoms with E-state index in [9.17, 15) is 0 Å². The fourth-order valence-corrected chi connectivity index (χ4v) is 2.26. The van der Waals surface area contributed by atoms with E-state index < -0.39 is 0 Å². The zero-order chi connectivity index (χ0) is 10.4. The first kappa shape index (κ1) is 11.7. The topological polar surface area (TPSA) is 29.3 Å². The highest BCUT2D eigenvalue weighted by Crippen LogP contribution is 2.19. The van der Waals surface area contributed by atoms with E-state index in [1.54, 1.807) is 0 Å². The Labute approximate surface area is 88.2 Å². The number of nitrogens with zero attached hydrogens (tertiary/aromatic N) is 1. The van der Waals surface area contributed by atoms with E-state index in [1.165, 1.54) is 44.2 Å². The molecule has 2 nitrogen and oxygen atoms in total. The van der Waals surface area contributed by atoms with Gasteiger partial charge in [0.25, 0.3) is 0 Å². The maximum absolute atomic E-state index is 5.59. The van der Waals surface area contributed by atoms with Crippen molar-refractivity contribution in [3.8, 4) is 0 Å². The van der Waals surface area contributed by atoms with Gasteiger partial charge < -0.3 is 5.73 Å². The Morgan fingerprint density at radius 3 is 2.86 bits per heavy atom. The van der Waals surface area contributed by atoms with Crippen molar-refractivity contribution in [2.45, 2.75) is 45.1 Å². The highest BCUT2D eigenvalue weighted by Gasteiger charge is 2.19. The van der Waals surface area contributed by atoms with Crippen LogP contribution in [0, 0.1) is 0 Å². The Morgan fingerprint density at radius 2 is 2.21 bits per heavy atom. The standard InChI is InChI=1S/C12H24N2/c1-3-12-7-5-4-6-8-14(12)10-11(2)9-13/h12H,2-10,13H2,1H3. The molecular formula is C12H24N2. The molecule has 0 saturated carbocycles. The van der Waals surface area contributed by atoms with Gasteiger partial charge in [-0.05, 0) is 31.4 Å². The van der Waals surface area contributed by atoms with Gasteiger partial charge in [-0.15, -0.1) is 0 Å². The van der Waals surface area contributed by atoms with Crippen LogP contribution >= 0.6 is 0 Å². The fraction of sp³-hybridized carbons (Fsp3) is 0.833. The maximum Gasteiger partial charge on any atom is 0.0205 e. The molecule has 1 rings (SSSR count). The minimum Gasteiger partial charge on any atom is -0.327 e. The molecule has 2 N–H and O–H groups in total. The number of hydrogen-bond acceptors (Lipinski definition) is 2. The number of hydrogen-bond donors (Lipinski definition) is 1. The van der Waals surface area contributed by atoms with Gasteiger partial charge in [-0.1, -0.05) is 26.3 Å². The summed E-state index contributed by atoms with van der Waals surface area (Å²) in [6, 6.07) is 0.765. The van der Waals surface area contributed by atoms with Gasteiger partial charge >= 0.3 is 0 Å². The first-order chi connectivity index (χ1) is 6.77. The molecule has 2 heteroatoms. The smallest absolute Gasteiger partial charge is 0.0205 e. The molecule has 0 aromatic heterocycles. The van der Waals surface area contributed by atoms with Crippen molar-refractivity contribution in [3.63, 3.8) is 0 Å². The Bertz CT molecular complexity index is 177. The van der Waals surface area contributed by atoms with E-state index in [0.717, 1.165) is 12.6 Å². The lowest BCUT2D eigenvalue weighted by Gasteiger charge is -2.29. The van der Waals surface area contributed by atoms with Gasteiger partial charge in [0.2, 0.25) is 0 Å². The summed E-state index contributed by atoms with van der Waals surface area (Å²) in [6.07, 6.45) is 6.74. The van der Waals surface area contributed by atoms with E-state index in [2.05, 4.69) is 18.4 Å². The first-order valence-electron chi connectivity index (χ1n) is 5.88. The summed E-state index contributed by atoms with van der Waals surface area (Å²) in [6.45, 7) is 9.16. The molecule has 0 radical (unpaired) electrons. The normalized spacial score (nSPS) is 24.6. The number of likely N-dealkylation sites (tertiary alicyclic amines) is 1. The van der Waals surface area contributed by atoms with Crippen LogP contribution in [0.3, 0.4) is 0 Å². The fourth-order valence-electron chi connectivity index (χ4n) is 2.26. The van der Waals surface area contributed by atoms with Crippen LogP contribution in [-0.4, -0.2) is 30.6 Å². The van der Waals surface area contributed by atoms with Crippen molar-refractivity contribution in [2.75, 3.05) is 19.6 Å². The van der Waals surface area contributed by atoms with Crippen molar-refractivity contribution < 1.29 is 0 Å². The molecule has 14 heavy (non-hydrogen) atoms. The minimum atomic E-state index is 0.632. The summed E-state index contributed by atoms with van der Waals surface area (Å²) in [5, 5.41) is 0. The van der Waals surface area contributed by atoms with Gasteiger partial charge in [0.1, 0.15) is 0 Å². The summed E-state index contributed by atoms with van der Waals surface area (Å²) in [4.78, 5) is 2.57. The Balaban J connectivity index is 2.47. The molecule has 82 valence electrons. The van der Waals surface area contributed by atoms with Crippen LogP contribution in [0.25, 0.3) is 0 Å². The van der Waals surface area contributed by atoms with Crippen LogP contribution < -0.4 is 5.73 Å². The van der Waals surface area contributed by atoms with Crippen LogP contribution in [-0.2, 0) is 0 Å². The predicted molar refractivity (Wildman–Crippen MR) is 62.3 cm³/mol. The summed E-state index contributed by atoms with van der Waals surface area (Å²) >= 11 is 0. The average molecular weight is 196 g/mol. The Morgan fingerprint density at radius 1 is 1.43 bits per heavy atom. The predicted octanol–water partition coefficient (Wildman–Crippen LogP) is 2.16. The van der Waals surface area contributed by atoms with E-state index in [1.807, 2.05) is 0 Å². The molecule has 0 aromatic rings. The van der Waals surface area contributed by atoms with Gasteiger partial charge in [0.05, 0.1) is 0 Å². The first-order valence-corrected chi connectivity index (χ1v) is 5.88. The summed E-state index contributed by atoms with van der Waals surface area (Å²) in [5.74, 6) is 0. The number of nitrogens with two attached hydrogens (primary N) is 1. The molecule has 0 spiro atoms. The summed E-state index contributed by atoms with van der Waals surface area (Å²) in [5.41, 5.74) is 6.76. The van der Waals surface area contributed by atoms with Gasteiger partial charge in [0.15, 0.2) is 0 Å². The Kier molecular flexibility index (Phi) is 5.20. The summed E-state index contributed by atoms with van der Waals surface area (Å²) < 4.78 is 0. The molecule has 1 aliphatic rings. The van der Waals surface area contributed by atoms with E-state index in [4.69, 9.17) is 5.73 Å². The van der Waals surface area contributed by atoms with Gasteiger partial charge in [-0.3, -0.25) is 4.90 Å². The third-order valence-electron chi connectivity index (χ3n) is 3.19. The number of rotatable bonds is 4. The van der Waals surface area contributed by atoms with Crippen LogP contribution in [0.2, 0.25) is 0 Å². The Hall–Kier alpha value is -0.340. The monoisotopic (exact) mass is 196 g/mol. The van der Waals surface area contributed by atoms with E-state index in [-0.39, 0.29) is 0 Å². The molecule has 1 fully saturated rings.